The third-order valence-corrected chi connectivity index (χ3v) is 6.21. The molecule has 2 aromatic carbocycles. The number of fused-ring (bicyclic) bond motifs is 1. The molecule has 1 aliphatic heterocycles. The van der Waals surface area contributed by atoms with Crippen molar-refractivity contribution in [3.63, 3.8) is 0 Å². The van der Waals surface area contributed by atoms with Gasteiger partial charge >= 0.3 is 5.97 Å². The normalized spacial score (nSPS) is 14.0. The third kappa shape index (κ3) is 5.74. The maximum Gasteiger partial charge on any atom is 0.308 e. The maximum atomic E-state index is 14.8. The number of ketones is 1. The minimum Gasteiger partial charge on any atom is -0.460 e. The Morgan fingerprint density at radius 3 is 2.11 bits per heavy atom. The van der Waals surface area contributed by atoms with Crippen LogP contribution in [0.15, 0.2) is 48.7 Å². The smallest absolute Gasteiger partial charge is 0.308 e. The molecule has 1 aliphatic rings. The topological polar surface area (TPSA) is 88.9 Å². The van der Waals surface area contributed by atoms with E-state index in [9.17, 15) is 28.0 Å². The Bertz CT molecular complexity index is 1390. The van der Waals surface area contributed by atoms with Crippen molar-refractivity contribution in [2.75, 3.05) is 26.2 Å². The van der Waals surface area contributed by atoms with E-state index in [2.05, 4.69) is 0 Å². The van der Waals surface area contributed by atoms with Crippen LogP contribution >= 0.6 is 0 Å². The largest absolute Gasteiger partial charge is 0.460 e. The number of benzene rings is 2. The number of hydrogen-bond acceptors (Lipinski definition) is 5. The molecule has 1 fully saturated rings. The van der Waals surface area contributed by atoms with Crippen LogP contribution in [0.1, 0.15) is 47.9 Å². The number of Topliss-reactive ketones (excluding diaryl/α,β-unsaturated/α-hetero) is 1. The lowest BCUT2D eigenvalue weighted by Gasteiger charge is -2.34. The van der Waals surface area contributed by atoms with E-state index in [0.717, 1.165) is 12.1 Å². The van der Waals surface area contributed by atoms with Gasteiger partial charge in [-0.25, -0.2) is 8.78 Å². The summed E-state index contributed by atoms with van der Waals surface area (Å²) in [4.78, 5) is 54.1. The Morgan fingerprint density at radius 1 is 0.868 bits per heavy atom. The van der Waals surface area contributed by atoms with Gasteiger partial charge in [-0.15, -0.1) is 0 Å². The molecular weight excluding hydrogens is 496 g/mol. The van der Waals surface area contributed by atoms with Crippen molar-refractivity contribution in [1.82, 2.24) is 14.4 Å². The standard InChI is InChI=1S/C28H29F2N3O5/c1-28(2,3)38-22(34)11-12-33-17-19(23-20(29)9-10-21(30)24(23)33)25(35)27(37)32-15-13-31(14-16-32)26(36)18-7-5-4-6-8-18/h4-10,17H,11-16H2,1-3H3. The molecule has 0 bridgehead atoms. The average molecular weight is 526 g/mol. The van der Waals surface area contributed by atoms with Crippen molar-refractivity contribution >= 4 is 34.5 Å². The molecule has 0 atom stereocenters. The van der Waals surface area contributed by atoms with Crippen LogP contribution in [0.4, 0.5) is 8.78 Å². The van der Waals surface area contributed by atoms with Crippen LogP contribution in [0.2, 0.25) is 0 Å². The number of hydrogen-bond donors (Lipinski definition) is 0. The van der Waals surface area contributed by atoms with Gasteiger partial charge in [0, 0.05) is 49.9 Å². The first-order valence-corrected chi connectivity index (χ1v) is 12.3. The van der Waals surface area contributed by atoms with Gasteiger partial charge in [-0.1, -0.05) is 18.2 Å². The predicted molar refractivity (Wildman–Crippen MR) is 136 cm³/mol. The monoisotopic (exact) mass is 525 g/mol. The minimum absolute atomic E-state index is 0.0759. The molecule has 200 valence electrons. The summed E-state index contributed by atoms with van der Waals surface area (Å²) >= 11 is 0. The van der Waals surface area contributed by atoms with Crippen molar-refractivity contribution in [1.29, 1.82) is 0 Å². The number of carbonyl (C=O) groups excluding carboxylic acids is 4. The lowest BCUT2D eigenvalue weighted by molar-refractivity contribution is -0.155. The van der Waals surface area contributed by atoms with E-state index in [1.165, 1.54) is 15.7 Å². The lowest BCUT2D eigenvalue weighted by atomic mass is 10.1. The van der Waals surface area contributed by atoms with Gasteiger partial charge in [-0.05, 0) is 45.0 Å². The second kappa shape index (κ2) is 10.7. The maximum absolute atomic E-state index is 14.8. The van der Waals surface area contributed by atoms with E-state index >= 15 is 0 Å². The molecule has 2 amide bonds. The fourth-order valence-electron chi connectivity index (χ4n) is 4.45. The Kier molecular flexibility index (Phi) is 7.61. The van der Waals surface area contributed by atoms with Gasteiger partial charge in [0.15, 0.2) is 0 Å². The second-order valence-corrected chi connectivity index (χ2v) is 10.1. The molecule has 2 heterocycles. The summed E-state index contributed by atoms with van der Waals surface area (Å²) in [6.45, 7) is 5.77. The van der Waals surface area contributed by atoms with Gasteiger partial charge in [0.2, 0.25) is 0 Å². The molecule has 0 aliphatic carbocycles. The molecule has 3 aromatic rings. The second-order valence-electron chi connectivity index (χ2n) is 10.1. The predicted octanol–water partition coefficient (Wildman–Crippen LogP) is 3.82. The molecule has 1 saturated heterocycles. The number of nitrogens with zero attached hydrogens (tertiary/aromatic N) is 3. The number of rotatable bonds is 6. The molecular formula is C28H29F2N3O5. The summed E-state index contributed by atoms with van der Waals surface area (Å²) < 4.78 is 36.1. The zero-order chi connectivity index (χ0) is 27.6. The molecule has 4 rings (SSSR count). The van der Waals surface area contributed by atoms with Crippen molar-refractivity contribution in [2.24, 2.45) is 0 Å². The summed E-state index contributed by atoms with van der Waals surface area (Å²) in [7, 11) is 0. The van der Waals surface area contributed by atoms with E-state index < -0.39 is 34.9 Å². The van der Waals surface area contributed by atoms with E-state index in [4.69, 9.17) is 4.74 Å². The molecule has 10 heteroatoms. The number of amides is 2. The van der Waals surface area contributed by atoms with Gasteiger partial charge in [-0.2, -0.15) is 0 Å². The Hall–Kier alpha value is -4.08. The highest BCUT2D eigenvalue weighted by Crippen LogP contribution is 2.28. The molecule has 0 saturated carbocycles. The zero-order valence-electron chi connectivity index (χ0n) is 21.5. The van der Waals surface area contributed by atoms with Crippen LogP contribution in [-0.4, -0.2) is 69.7 Å². The first-order valence-electron chi connectivity index (χ1n) is 12.3. The Labute approximate surface area is 218 Å². The van der Waals surface area contributed by atoms with Crippen molar-refractivity contribution in [3.05, 3.63) is 71.4 Å². The van der Waals surface area contributed by atoms with Crippen molar-refractivity contribution in [3.8, 4) is 0 Å². The number of ether oxygens (including phenoxy) is 1. The third-order valence-electron chi connectivity index (χ3n) is 6.21. The van der Waals surface area contributed by atoms with Gasteiger partial charge in [-0.3, -0.25) is 19.2 Å². The molecule has 38 heavy (non-hydrogen) atoms. The molecule has 0 unspecified atom stereocenters. The highest BCUT2D eigenvalue weighted by Gasteiger charge is 2.32. The molecule has 8 nitrogen and oxygen atoms in total. The number of aryl methyl sites for hydroxylation is 1. The SMILES string of the molecule is CC(C)(C)OC(=O)CCn1cc(C(=O)C(=O)N2CCN(C(=O)c3ccccc3)CC2)c2c(F)ccc(F)c21. The minimum atomic E-state index is -0.988. The highest BCUT2D eigenvalue weighted by atomic mass is 19.1. The Morgan fingerprint density at radius 2 is 1.47 bits per heavy atom. The van der Waals surface area contributed by atoms with E-state index in [0.29, 0.717) is 5.56 Å². The first-order chi connectivity index (χ1) is 18.0. The van der Waals surface area contributed by atoms with Crippen LogP contribution in [0.5, 0.6) is 0 Å². The van der Waals surface area contributed by atoms with E-state index in [1.807, 2.05) is 6.07 Å². The Balaban J connectivity index is 1.51. The van der Waals surface area contributed by atoms with Gasteiger partial charge in [0.1, 0.15) is 17.2 Å². The van der Waals surface area contributed by atoms with Crippen molar-refractivity contribution < 1.29 is 32.7 Å². The summed E-state index contributed by atoms with van der Waals surface area (Å²) in [5.74, 6) is -4.21. The number of halogens is 2. The number of carbonyl (C=O) groups is 4. The van der Waals surface area contributed by atoms with E-state index in [-0.39, 0.29) is 61.5 Å². The van der Waals surface area contributed by atoms with Gasteiger partial charge in [0.05, 0.1) is 17.5 Å². The van der Waals surface area contributed by atoms with E-state index in [1.54, 1.807) is 49.9 Å². The summed E-state index contributed by atoms with van der Waals surface area (Å²) in [6.07, 6.45) is 1.06. The lowest BCUT2D eigenvalue weighted by Crippen LogP contribution is -2.52. The summed E-state index contributed by atoms with van der Waals surface area (Å²) in [5.41, 5.74) is -0.673. The summed E-state index contributed by atoms with van der Waals surface area (Å²) in [6, 6.07) is 10.6. The molecule has 0 spiro atoms. The molecule has 0 N–H and O–H groups in total. The van der Waals surface area contributed by atoms with Gasteiger partial charge < -0.3 is 19.1 Å². The van der Waals surface area contributed by atoms with Crippen LogP contribution in [0, 0.1) is 11.6 Å². The molecule has 1 aromatic heterocycles. The average Bonchev–Trinajstić information content (AvgIpc) is 3.29. The highest BCUT2D eigenvalue weighted by molar-refractivity contribution is 6.45. The van der Waals surface area contributed by atoms with Crippen molar-refractivity contribution in [2.45, 2.75) is 39.3 Å². The quantitative estimate of drug-likeness (QED) is 0.277. The van der Waals surface area contributed by atoms with Crippen LogP contribution < -0.4 is 0 Å². The van der Waals surface area contributed by atoms with Gasteiger partial charge in [0.25, 0.3) is 17.6 Å². The van der Waals surface area contributed by atoms with Crippen LogP contribution in [0.3, 0.4) is 0 Å². The zero-order valence-corrected chi connectivity index (χ0v) is 21.5. The first kappa shape index (κ1) is 27.0. The fraction of sp³-hybridized carbons (Fsp3) is 0.357. The number of aromatic nitrogens is 1. The molecule has 0 radical (unpaired) electrons. The number of esters is 1. The summed E-state index contributed by atoms with van der Waals surface area (Å²) in [5, 5.41) is -0.314. The van der Waals surface area contributed by atoms with Crippen LogP contribution in [0.25, 0.3) is 10.9 Å². The van der Waals surface area contributed by atoms with Crippen LogP contribution in [-0.2, 0) is 20.9 Å². The number of piperazine rings is 1. The fourth-order valence-corrected chi connectivity index (χ4v) is 4.45.